The Labute approximate surface area is 259 Å². The quantitative estimate of drug-likeness (QED) is 0.309. The van der Waals surface area contributed by atoms with Gasteiger partial charge in [-0.1, -0.05) is 68.4 Å². The Kier molecular flexibility index (Phi) is 11.4. The van der Waals surface area contributed by atoms with E-state index in [1.165, 1.54) is 67.5 Å². The number of nitrogens with zero attached hydrogens (tertiary/aromatic N) is 2. The number of rotatable bonds is 5. The van der Waals surface area contributed by atoms with E-state index in [-0.39, 0.29) is 0 Å². The Bertz CT molecular complexity index is 1610. The first kappa shape index (κ1) is 31.9. The molecule has 1 aliphatic carbocycles. The molecule has 0 spiro atoms. The van der Waals surface area contributed by atoms with Gasteiger partial charge < -0.3 is 19.6 Å². The van der Waals surface area contributed by atoms with E-state index in [4.69, 9.17) is 9.53 Å². The molecule has 0 unspecified atom stereocenters. The van der Waals surface area contributed by atoms with Crippen LogP contribution < -0.4 is 25.5 Å². The number of thiophene rings is 1. The normalized spacial score (nSPS) is 13.8. The molecule has 7 rings (SSSR count). The fraction of sp³-hybridized carbons (Fsp3) is 0.306. The molecule has 0 saturated heterocycles. The molecule has 0 saturated carbocycles. The first-order valence-electron chi connectivity index (χ1n) is 14.8. The SMILES string of the molecule is C=O.CC.COC.COc1ccc(CN2c3cc(-c4cccc5c4CCC5)sc3CN2C2=c3ccccc3=CNC2)cc1. The van der Waals surface area contributed by atoms with Crippen LogP contribution >= 0.6 is 11.3 Å². The zero-order chi connectivity index (χ0) is 30.8. The zero-order valence-electron chi connectivity index (χ0n) is 26.0. The lowest BCUT2D eigenvalue weighted by molar-refractivity contribution is -0.0980. The second-order valence-electron chi connectivity index (χ2n) is 10.1. The number of methoxy groups -OCH3 is 2. The standard InChI is InChI=1S/C31H29N3OS.C2H6O.C2H6.CH2O/c1-35-24-14-12-21(13-15-24)19-33-28-16-30(27-11-5-8-22-7-4-10-25(22)27)36-31(28)20-34(33)29-18-32-17-23-6-2-3-9-26(23)29;1-3-2;2*1-2/h2-3,5-6,8-9,11-17,32H,4,7,10,18-20H2,1H3;1-2H3;1-2H3;1H2. The van der Waals surface area contributed by atoms with Crippen molar-refractivity contribution in [1.82, 2.24) is 10.3 Å². The van der Waals surface area contributed by atoms with Crippen molar-refractivity contribution in [2.75, 3.05) is 32.9 Å². The van der Waals surface area contributed by atoms with Gasteiger partial charge in [0.1, 0.15) is 12.5 Å². The van der Waals surface area contributed by atoms with E-state index in [1.807, 2.05) is 32.0 Å². The van der Waals surface area contributed by atoms with Crippen molar-refractivity contribution in [2.45, 2.75) is 46.2 Å². The molecular formula is C36H43N3O3S. The van der Waals surface area contributed by atoms with Crippen LogP contribution in [0.3, 0.4) is 0 Å². The van der Waals surface area contributed by atoms with Gasteiger partial charge in [0.25, 0.3) is 0 Å². The highest BCUT2D eigenvalue weighted by atomic mass is 32.1. The van der Waals surface area contributed by atoms with Crippen molar-refractivity contribution in [3.8, 4) is 16.2 Å². The summed E-state index contributed by atoms with van der Waals surface area (Å²) in [7, 11) is 4.97. The van der Waals surface area contributed by atoms with Crippen molar-refractivity contribution in [3.05, 3.63) is 105 Å². The Morgan fingerprint density at radius 3 is 2.42 bits per heavy atom. The lowest BCUT2D eigenvalue weighted by Gasteiger charge is -2.35. The molecule has 2 aliphatic heterocycles. The smallest absolute Gasteiger partial charge is 0.118 e. The van der Waals surface area contributed by atoms with Crippen LogP contribution in [0.25, 0.3) is 22.3 Å². The van der Waals surface area contributed by atoms with Crippen LogP contribution in [0, 0.1) is 0 Å². The lowest BCUT2D eigenvalue weighted by atomic mass is 10.0. The maximum absolute atomic E-state index is 8.00. The number of anilines is 1. The van der Waals surface area contributed by atoms with Gasteiger partial charge in [-0.05, 0) is 64.9 Å². The van der Waals surface area contributed by atoms with Gasteiger partial charge in [-0.15, -0.1) is 11.3 Å². The molecule has 1 aromatic heterocycles. The lowest BCUT2D eigenvalue weighted by Crippen LogP contribution is -2.46. The number of hydrogen-bond acceptors (Lipinski definition) is 7. The van der Waals surface area contributed by atoms with E-state index < -0.39 is 0 Å². The van der Waals surface area contributed by atoms with Gasteiger partial charge in [0.2, 0.25) is 0 Å². The number of ether oxygens (including phenoxy) is 2. The van der Waals surface area contributed by atoms with Crippen molar-refractivity contribution in [3.63, 3.8) is 0 Å². The summed E-state index contributed by atoms with van der Waals surface area (Å²) in [4.78, 5) is 10.8. The summed E-state index contributed by atoms with van der Waals surface area (Å²) in [5.74, 6) is 0.892. The minimum absolute atomic E-state index is 0.815. The molecule has 0 radical (unpaired) electrons. The molecule has 0 fully saturated rings. The first-order valence-corrected chi connectivity index (χ1v) is 15.6. The Balaban J connectivity index is 0.000000561. The van der Waals surface area contributed by atoms with Gasteiger partial charge in [-0.25, -0.2) is 0 Å². The molecule has 0 bridgehead atoms. The second-order valence-corrected chi connectivity index (χ2v) is 11.3. The highest BCUT2D eigenvalue weighted by Crippen LogP contribution is 2.46. The van der Waals surface area contributed by atoms with Crippen LogP contribution in [0.1, 0.15) is 41.8 Å². The Hall–Kier alpha value is -4.07. The third-order valence-electron chi connectivity index (χ3n) is 7.66. The summed E-state index contributed by atoms with van der Waals surface area (Å²) < 4.78 is 9.65. The van der Waals surface area contributed by atoms with Gasteiger partial charge >= 0.3 is 0 Å². The van der Waals surface area contributed by atoms with Crippen molar-refractivity contribution >= 4 is 35.7 Å². The summed E-state index contributed by atoms with van der Waals surface area (Å²) in [5, 5.41) is 11.0. The molecule has 0 atom stereocenters. The largest absolute Gasteiger partial charge is 0.497 e. The number of aryl methyl sites for hydroxylation is 1. The predicted octanol–water partition coefficient (Wildman–Crippen LogP) is 5.90. The Morgan fingerprint density at radius 1 is 0.930 bits per heavy atom. The van der Waals surface area contributed by atoms with Crippen LogP contribution in [0.2, 0.25) is 0 Å². The number of carbonyl (C=O) groups excluding carboxylic acids is 1. The fourth-order valence-corrected chi connectivity index (χ4v) is 7.06. The molecule has 43 heavy (non-hydrogen) atoms. The van der Waals surface area contributed by atoms with Gasteiger partial charge in [0.15, 0.2) is 0 Å². The summed E-state index contributed by atoms with van der Waals surface area (Å²) in [6.45, 7) is 8.54. The molecule has 3 heterocycles. The summed E-state index contributed by atoms with van der Waals surface area (Å²) in [6.07, 6.45) is 5.82. The molecule has 4 aromatic rings. The molecule has 3 aliphatic rings. The average Bonchev–Trinajstić information content (AvgIpc) is 3.79. The zero-order valence-corrected chi connectivity index (χ0v) is 26.8. The van der Waals surface area contributed by atoms with E-state index >= 15 is 0 Å². The molecular weight excluding hydrogens is 554 g/mol. The highest BCUT2D eigenvalue weighted by molar-refractivity contribution is 7.16. The van der Waals surface area contributed by atoms with Gasteiger partial charge in [0.05, 0.1) is 43.0 Å². The molecule has 3 aromatic carbocycles. The molecule has 1 N–H and O–H groups in total. The van der Waals surface area contributed by atoms with Gasteiger partial charge in [-0.2, -0.15) is 0 Å². The second kappa shape index (κ2) is 15.4. The van der Waals surface area contributed by atoms with Crippen molar-refractivity contribution in [1.29, 1.82) is 0 Å². The third-order valence-corrected chi connectivity index (χ3v) is 8.80. The average molecular weight is 598 g/mol. The number of benzene rings is 3. The van der Waals surface area contributed by atoms with Crippen LogP contribution in [-0.2, 0) is 35.5 Å². The van der Waals surface area contributed by atoms with Gasteiger partial charge in [0, 0.05) is 30.5 Å². The molecule has 226 valence electrons. The third kappa shape index (κ3) is 6.79. The number of nitrogens with one attached hydrogen (secondary N) is 1. The maximum Gasteiger partial charge on any atom is 0.118 e. The summed E-state index contributed by atoms with van der Waals surface area (Å²) >= 11 is 1.97. The number of hydrazine groups is 1. The minimum atomic E-state index is 0.815. The van der Waals surface area contributed by atoms with E-state index in [0.717, 1.165) is 25.4 Å². The highest BCUT2D eigenvalue weighted by Gasteiger charge is 2.33. The van der Waals surface area contributed by atoms with Crippen molar-refractivity contribution in [2.24, 2.45) is 0 Å². The van der Waals surface area contributed by atoms with E-state index in [1.54, 1.807) is 26.9 Å². The molecule has 6 nitrogen and oxygen atoms in total. The van der Waals surface area contributed by atoms with Crippen LogP contribution in [-0.4, -0.2) is 39.7 Å². The number of hydrogen-bond donors (Lipinski definition) is 1. The number of fused-ring (bicyclic) bond motifs is 3. The summed E-state index contributed by atoms with van der Waals surface area (Å²) in [5.41, 5.74) is 8.47. The predicted molar refractivity (Wildman–Crippen MR) is 179 cm³/mol. The maximum atomic E-state index is 8.00. The van der Waals surface area contributed by atoms with Crippen LogP contribution in [0.4, 0.5) is 5.69 Å². The molecule has 0 amide bonds. The number of carbonyl (C=O) groups is 1. The Morgan fingerprint density at radius 2 is 1.67 bits per heavy atom. The van der Waals surface area contributed by atoms with E-state index in [0.29, 0.717) is 0 Å². The fourth-order valence-electron chi connectivity index (χ4n) is 5.87. The van der Waals surface area contributed by atoms with E-state index in [9.17, 15) is 0 Å². The van der Waals surface area contributed by atoms with Crippen LogP contribution in [0.15, 0.2) is 72.8 Å². The first-order chi connectivity index (χ1) is 21.2. The van der Waals surface area contributed by atoms with Gasteiger partial charge in [-0.3, -0.25) is 10.0 Å². The van der Waals surface area contributed by atoms with Crippen LogP contribution in [0.5, 0.6) is 5.75 Å². The monoisotopic (exact) mass is 597 g/mol. The topological polar surface area (TPSA) is 54.0 Å². The van der Waals surface area contributed by atoms with Crippen molar-refractivity contribution < 1.29 is 14.3 Å². The van der Waals surface area contributed by atoms with E-state index in [2.05, 4.69) is 99.1 Å². The molecule has 7 heteroatoms. The summed E-state index contributed by atoms with van der Waals surface area (Å²) in [6, 6.07) is 26.5. The minimum Gasteiger partial charge on any atom is -0.497 e.